The first-order valence-electron chi connectivity index (χ1n) is 20.2. The molecule has 0 aliphatic carbocycles. The minimum absolute atomic E-state index is 0.200. The molecule has 1 atom stereocenters. The van der Waals surface area contributed by atoms with Gasteiger partial charge in [-0.05, 0) is 83.5 Å². The van der Waals surface area contributed by atoms with E-state index in [1.54, 1.807) is 0 Å². The van der Waals surface area contributed by atoms with Gasteiger partial charge in [0.25, 0.3) is 0 Å². The van der Waals surface area contributed by atoms with Crippen LogP contribution in [0.2, 0.25) is 0 Å². The molecule has 1 N–H and O–H groups in total. The van der Waals surface area contributed by atoms with E-state index in [0.717, 1.165) is 57.8 Å². The lowest BCUT2D eigenvalue weighted by Gasteiger charge is -2.15. The second-order valence-corrected chi connectivity index (χ2v) is 13.0. The van der Waals surface area contributed by atoms with Gasteiger partial charge in [-0.25, -0.2) is 0 Å². The molecule has 0 aliphatic heterocycles. The van der Waals surface area contributed by atoms with Crippen LogP contribution in [-0.2, 0) is 14.3 Å². The standard InChI is InChI=1S/C45H76O4/c1-3-5-7-9-11-13-15-17-19-21-22-23-25-27-29-31-33-35-37-39-41-48-43-44(42-46)49-45(47)40-38-36-34-32-30-28-26-24-20-18-16-14-12-10-8-6-4-2/h6,8,11-14,17-20,26,28,32,34,44,46H,3-5,7,9-10,15-16,21-25,27,29-31,33,35-43H2,1-2H3/b8-6-,13-11-,14-12-,19-17-,20-18-,28-26-,34-32-. The van der Waals surface area contributed by atoms with Gasteiger partial charge in [0.2, 0.25) is 0 Å². The third kappa shape index (κ3) is 39.9. The van der Waals surface area contributed by atoms with Crippen molar-refractivity contribution in [2.24, 2.45) is 0 Å². The largest absolute Gasteiger partial charge is 0.457 e. The van der Waals surface area contributed by atoms with E-state index in [-0.39, 0.29) is 19.2 Å². The van der Waals surface area contributed by atoms with Crippen LogP contribution < -0.4 is 0 Å². The third-order valence-corrected chi connectivity index (χ3v) is 8.20. The van der Waals surface area contributed by atoms with Crippen LogP contribution in [0.1, 0.15) is 168 Å². The highest BCUT2D eigenvalue weighted by molar-refractivity contribution is 5.69. The van der Waals surface area contributed by atoms with Crippen LogP contribution in [0.5, 0.6) is 0 Å². The third-order valence-electron chi connectivity index (χ3n) is 8.20. The zero-order valence-electron chi connectivity index (χ0n) is 31.9. The fraction of sp³-hybridized carbons (Fsp3) is 0.667. The van der Waals surface area contributed by atoms with Gasteiger partial charge in [0.05, 0.1) is 13.2 Å². The number of ether oxygens (including phenoxy) is 2. The van der Waals surface area contributed by atoms with Crippen molar-refractivity contribution in [3.8, 4) is 0 Å². The van der Waals surface area contributed by atoms with Gasteiger partial charge < -0.3 is 14.6 Å². The Kier molecular flexibility index (Phi) is 39.7. The summed E-state index contributed by atoms with van der Waals surface area (Å²) in [6.45, 7) is 5.13. The summed E-state index contributed by atoms with van der Waals surface area (Å²) in [4.78, 5) is 12.2. The highest BCUT2D eigenvalue weighted by atomic mass is 16.6. The predicted octanol–water partition coefficient (Wildman–Crippen LogP) is 13.2. The van der Waals surface area contributed by atoms with Crippen LogP contribution in [0.3, 0.4) is 0 Å². The Labute approximate surface area is 303 Å². The molecule has 0 aromatic rings. The molecule has 0 bridgehead atoms. The SMILES string of the molecule is CC/C=C\C/C=C\C/C=C\C/C=C\C/C=C\CCCC(=O)OC(CO)COCCCCCCCCCCCC/C=C\C/C=C\CCCCC. The summed E-state index contributed by atoms with van der Waals surface area (Å²) < 4.78 is 11.1. The summed E-state index contributed by atoms with van der Waals surface area (Å²) in [6.07, 6.45) is 57.8. The van der Waals surface area contributed by atoms with Crippen molar-refractivity contribution in [3.05, 3.63) is 85.1 Å². The van der Waals surface area contributed by atoms with Crippen molar-refractivity contribution in [1.29, 1.82) is 0 Å². The molecule has 0 amide bonds. The number of hydrogen-bond donors (Lipinski definition) is 1. The lowest BCUT2D eigenvalue weighted by Crippen LogP contribution is -2.27. The van der Waals surface area contributed by atoms with Crippen LogP contribution in [-0.4, -0.2) is 37.0 Å². The van der Waals surface area contributed by atoms with Crippen LogP contribution >= 0.6 is 0 Å². The maximum absolute atomic E-state index is 12.2. The van der Waals surface area contributed by atoms with Gasteiger partial charge in [0.15, 0.2) is 0 Å². The minimum Gasteiger partial charge on any atom is -0.457 e. The Morgan fingerprint density at radius 3 is 1.39 bits per heavy atom. The van der Waals surface area contributed by atoms with Crippen molar-refractivity contribution in [3.63, 3.8) is 0 Å². The first kappa shape index (κ1) is 46.6. The monoisotopic (exact) mass is 681 g/mol. The molecule has 0 aromatic heterocycles. The number of aliphatic hydroxyl groups excluding tert-OH is 1. The number of unbranched alkanes of at least 4 members (excludes halogenated alkanes) is 14. The Bertz CT molecular complexity index is 892. The number of carbonyl (C=O) groups is 1. The lowest BCUT2D eigenvalue weighted by molar-refractivity contribution is -0.154. The van der Waals surface area contributed by atoms with E-state index in [0.29, 0.717) is 13.0 Å². The van der Waals surface area contributed by atoms with Crippen LogP contribution in [0, 0.1) is 0 Å². The van der Waals surface area contributed by atoms with E-state index in [2.05, 4.69) is 98.9 Å². The van der Waals surface area contributed by atoms with E-state index in [4.69, 9.17) is 9.47 Å². The van der Waals surface area contributed by atoms with Crippen LogP contribution in [0.4, 0.5) is 0 Å². The molecule has 0 radical (unpaired) electrons. The number of rotatable bonds is 36. The summed E-state index contributed by atoms with van der Waals surface area (Å²) in [6, 6.07) is 0. The Hall–Kier alpha value is -2.43. The molecular weight excluding hydrogens is 604 g/mol. The van der Waals surface area contributed by atoms with Crippen molar-refractivity contribution in [2.75, 3.05) is 19.8 Å². The molecule has 0 rings (SSSR count). The minimum atomic E-state index is -0.570. The van der Waals surface area contributed by atoms with Crippen molar-refractivity contribution < 1.29 is 19.4 Å². The average Bonchev–Trinajstić information content (AvgIpc) is 3.11. The summed E-state index contributed by atoms with van der Waals surface area (Å²) >= 11 is 0. The Morgan fingerprint density at radius 2 is 0.918 bits per heavy atom. The molecule has 0 saturated heterocycles. The van der Waals surface area contributed by atoms with E-state index >= 15 is 0 Å². The quantitative estimate of drug-likeness (QED) is 0.0406. The molecule has 0 saturated carbocycles. The fourth-order valence-electron chi connectivity index (χ4n) is 5.22. The molecule has 0 spiro atoms. The number of carbonyl (C=O) groups excluding carboxylic acids is 1. The second-order valence-electron chi connectivity index (χ2n) is 13.0. The topological polar surface area (TPSA) is 55.8 Å². The van der Waals surface area contributed by atoms with Gasteiger partial charge >= 0.3 is 5.97 Å². The summed E-state index contributed by atoms with van der Waals surface area (Å²) in [7, 11) is 0. The van der Waals surface area contributed by atoms with Gasteiger partial charge in [-0.1, -0.05) is 163 Å². The first-order valence-corrected chi connectivity index (χ1v) is 20.2. The molecule has 0 fully saturated rings. The summed E-state index contributed by atoms with van der Waals surface area (Å²) in [5, 5.41) is 9.58. The van der Waals surface area contributed by atoms with E-state index in [9.17, 15) is 9.90 Å². The van der Waals surface area contributed by atoms with Crippen molar-refractivity contribution in [1.82, 2.24) is 0 Å². The smallest absolute Gasteiger partial charge is 0.306 e. The lowest BCUT2D eigenvalue weighted by atomic mass is 10.1. The zero-order valence-corrected chi connectivity index (χ0v) is 31.9. The molecule has 0 heterocycles. The normalized spacial score (nSPS) is 13.3. The number of hydrogen-bond acceptors (Lipinski definition) is 4. The Morgan fingerprint density at radius 1 is 0.510 bits per heavy atom. The molecule has 0 aliphatic rings. The van der Waals surface area contributed by atoms with E-state index < -0.39 is 6.10 Å². The zero-order chi connectivity index (χ0) is 35.6. The average molecular weight is 681 g/mol. The highest BCUT2D eigenvalue weighted by Crippen LogP contribution is 2.12. The maximum Gasteiger partial charge on any atom is 0.306 e. The number of aliphatic hydroxyl groups is 1. The van der Waals surface area contributed by atoms with Crippen LogP contribution in [0.15, 0.2) is 85.1 Å². The van der Waals surface area contributed by atoms with Crippen molar-refractivity contribution in [2.45, 2.75) is 174 Å². The predicted molar refractivity (Wildman–Crippen MR) is 214 cm³/mol. The summed E-state index contributed by atoms with van der Waals surface area (Å²) in [5.74, 6) is -0.261. The molecule has 280 valence electrons. The molecule has 4 heteroatoms. The molecule has 0 aromatic carbocycles. The van der Waals surface area contributed by atoms with Gasteiger partial charge in [0, 0.05) is 13.0 Å². The van der Waals surface area contributed by atoms with E-state index in [1.165, 1.54) is 89.9 Å². The van der Waals surface area contributed by atoms with Gasteiger partial charge in [-0.15, -0.1) is 0 Å². The molecule has 4 nitrogen and oxygen atoms in total. The Balaban J connectivity index is 3.55. The van der Waals surface area contributed by atoms with Crippen LogP contribution in [0.25, 0.3) is 0 Å². The van der Waals surface area contributed by atoms with Gasteiger partial charge in [-0.3, -0.25) is 4.79 Å². The molecule has 1 unspecified atom stereocenters. The molecule has 49 heavy (non-hydrogen) atoms. The highest BCUT2D eigenvalue weighted by Gasteiger charge is 2.13. The fourth-order valence-corrected chi connectivity index (χ4v) is 5.22. The van der Waals surface area contributed by atoms with Gasteiger partial charge in [-0.2, -0.15) is 0 Å². The number of esters is 1. The number of allylic oxidation sites excluding steroid dienone is 14. The molecular formula is C45H76O4. The first-order chi connectivity index (χ1) is 24.2. The summed E-state index contributed by atoms with van der Waals surface area (Å²) in [5.41, 5.74) is 0. The van der Waals surface area contributed by atoms with E-state index in [1.807, 2.05) is 0 Å². The van der Waals surface area contributed by atoms with Gasteiger partial charge in [0.1, 0.15) is 6.10 Å². The maximum atomic E-state index is 12.2. The second kappa shape index (κ2) is 41.7. The van der Waals surface area contributed by atoms with Crippen molar-refractivity contribution >= 4 is 5.97 Å².